The van der Waals surface area contributed by atoms with Crippen LogP contribution in [0.3, 0.4) is 0 Å². The Balaban J connectivity index is 2.19. The smallest absolute Gasteiger partial charge is 0.252 e. The second kappa shape index (κ2) is 6.67. The van der Waals surface area contributed by atoms with Gasteiger partial charge in [0.25, 0.3) is 5.91 Å². The number of carbonyl (C=O) groups excluding carboxylic acids is 2. The van der Waals surface area contributed by atoms with Crippen LogP contribution in [0.2, 0.25) is 0 Å². The third kappa shape index (κ3) is 3.67. The number of nitrogen functional groups attached to an aromatic ring is 1. The molecule has 0 radical (unpaired) electrons. The summed E-state index contributed by atoms with van der Waals surface area (Å²) >= 11 is 0. The molecule has 0 fully saturated rings. The van der Waals surface area contributed by atoms with Crippen molar-refractivity contribution in [2.24, 2.45) is 5.84 Å². The maximum Gasteiger partial charge on any atom is 0.252 e. The van der Waals surface area contributed by atoms with E-state index in [1.54, 1.807) is 6.07 Å². The van der Waals surface area contributed by atoms with E-state index in [2.05, 4.69) is 21.0 Å². The van der Waals surface area contributed by atoms with Crippen LogP contribution in [0.25, 0.3) is 10.9 Å². The number of anilines is 1. The second-order valence-corrected chi connectivity index (χ2v) is 4.46. The van der Waals surface area contributed by atoms with Crippen molar-refractivity contribution >= 4 is 28.5 Å². The molecule has 1 heterocycles. The highest BCUT2D eigenvalue weighted by Gasteiger charge is 2.12. The zero-order valence-corrected chi connectivity index (χ0v) is 11.6. The molecule has 0 saturated heterocycles. The maximum absolute atomic E-state index is 12.3. The number of rotatable bonds is 5. The number of carbonyl (C=O) groups is 2. The van der Waals surface area contributed by atoms with Crippen LogP contribution in [-0.2, 0) is 4.79 Å². The van der Waals surface area contributed by atoms with Gasteiger partial charge in [0, 0.05) is 25.4 Å². The summed E-state index contributed by atoms with van der Waals surface area (Å²) in [5.74, 6) is 5.42. The third-order valence-corrected chi connectivity index (χ3v) is 2.89. The van der Waals surface area contributed by atoms with Crippen molar-refractivity contribution in [2.75, 3.05) is 18.5 Å². The number of benzene rings is 1. The summed E-state index contributed by atoms with van der Waals surface area (Å²) in [4.78, 5) is 27.3. The standard InChI is InChI=1S/C14H17N5O2/c1-9(20)16-6-7-17-14(21)11-8-13(19-15)18-12-5-3-2-4-10(11)12/h2-5,8H,6-7,15H2,1H3,(H,16,20)(H,17,21)(H,18,19). The Morgan fingerprint density at radius 1 is 1.19 bits per heavy atom. The van der Waals surface area contributed by atoms with Crippen molar-refractivity contribution in [3.05, 3.63) is 35.9 Å². The summed E-state index contributed by atoms with van der Waals surface area (Å²) < 4.78 is 0. The Morgan fingerprint density at radius 2 is 1.90 bits per heavy atom. The summed E-state index contributed by atoms with van der Waals surface area (Å²) in [6.07, 6.45) is 0. The zero-order chi connectivity index (χ0) is 15.2. The fourth-order valence-corrected chi connectivity index (χ4v) is 1.95. The van der Waals surface area contributed by atoms with Crippen molar-refractivity contribution in [1.82, 2.24) is 15.6 Å². The number of hydrogen-bond acceptors (Lipinski definition) is 5. The SMILES string of the molecule is CC(=O)NCCNC(=O)c1cc(NN)nc2ccccc12. The lowest BCUT2D eigenvalue weighted by molar-refractivity contribution is -0.118. The van der Waals surface area contributed by atoms with Gasteiger partial charge in [-0.1, -0.05) is 18.2 Å². The quantitative estimate of drug-likeness (QED) is 0.361. The predicted octanol–water partition coefficient (Wildman–Crippen LogP) is 0.386. The highest BCUT2D eigenvalue weighted by molar-refractivity contribution is 6.06. The highest BCUT2D eigenvalue weighted by atomic mass is 16.2. The van der Waals surface area contributed by atoms with Gasteiger partial charge in [-0.2, -0.15) is 0 Å². The molecular formula is C14H17N5O2. The molecule has 0 aliphatic carbocycles. The number of fused-ring (bicyclic) bond motifs is 1. The molecule has 5 N–H and O–H groups in total. The van der Waals surface area contributed by atoms with Crippen molar-refractivity contribution in [2.45, 2.75) is 6.92 Å². The normalized spacial score (nSPS) is 10.2. The van der Waals surface area contributed by atoms with E-state index in [9.17, 15) is 9.59 Å². The van der Waals surface area contributed by atoms with Gasteiger partial charge in [0.15, 0.2) is 0 Å². The zero-order valence-electron chi connectivity index (χ0n) is 11.6. The number of nitrogens with one attached hydrogen (secondary N) is 3. The Morgan fingerprint density at radius 3 is 2.62 bits per heavy atom. The molecule has 7 heteroatoms. The van der Waals surface area contributed by atoms with Gasteiger partial charge in [0.2, 0.25) is 5.91 Å². The fourth-order valence-electron chi connectivity index (χ4n) is 1.95. The molecule has 0 aliphatic heterocycles. The second-order valence-electron chi connectivity index (χ2n) is 4.46. The maximum atomic E-state index is 12.3. The first-order valence-corrected chi connectivity index (χ1v) is 6.51. The molecule has 7 nitrogen and oxygen atoms in total. The molecule has 0 bridgehead atoms. The van der Waals surface area contributed by atoms with Crippen LogP contribution >= 0.6 is 0 Å². The topological polar surface area (TPSA) is 109 Å². The van der Waals surface area contributed by atoms with Gasteiger partial charge in [-0.3, -0.25) is 9.59 Å². The van der Waals surface area contributed by atoms with Crippen LogP contribution in [0, 0.1) is 0 Å². The Hall–Kier alpha value is -2.67. The number of nitrogens with zero attached hydrogens (tertiary/aromatic N) is 1. The average molecular weight is 287 g/mol. The van der Waals surface area contributed by atoms with Crippen LogP contribution in [-0.4, -0.2) is 29.9 Å². The molecule has 2 amide bonds. The first-order valence-electron chi connectivity index (χ1n) is 6.51. The summed E-state index contributed by atoms with van der Waals surface area (Å²) in [7, 11) is 0. The Kier molecular flexibility index (Phi) is 4.68. The van der Waals surface area contributed by atoms with Gasteiger partial charge in [-0.15, -0.1) is 0 Å². The van der Waals surface area contributed by atoms with Crippen molar-refractivity contribution in [1.29, 1.82) is 0 Å². The van der Waals surface area contributed by atoms with Gasteiger partial charge in [0.1, 0.15) is 5.82 Å². The third-order valence-electron chi connectivity index (χ3n) is 2.89. The van der Waals surface area contributed by atoms with Crippen molar-refractivity contribution in [3.8, 4) is 0 Å². The molecule has 0 aliphatic rings. The van der Waals surface area contributed by atoms with Crippen LogP contribution in [0.15, 0.2) is 30.3 Å². The van der Waals surface area contributed by atoms with Gasteiger partial charge in [-0.25, -0.2) is 10.8 Å². The van der Waals surface area contributed by atoms with E-state index in [4.69, 9.17) is 5.84 Å². The number of nitrogens with two attached hydrogens (primary N) is 1. The molecule has 2 aromatic rings. The molecule has 0 spiro atoms. The molecule has 1 aromatic carbocycles. The molecule has 21 heavy (non-hydrogen) atoms. The molecule has 0 saturated carbocycles. The van der Waals surface area contributed by atoms with Gasteiger partial charge in [-0.05, 0) is 12.1 Å². The molecule has 1 aromatic heterocycles. The predicted molar refractivity (Wildman–Crippen MR) is 80.6 cm³/mol. The number of hydrogen-bond donors (Lipinski definition) is 4. The van der Waals surface area contributed by atoms with E-state index >= 15 is 0 Å². The van der Waals surface area contributed by atoms with E-state index in [-0.39, 0.29) is 11.8 Å². The van der Waals surface area contributed by atoms with Gasteiger partial charge >= 0.3 is 0 Å². The van der Waals surface area contributed by atoms with Crippen LogP contribution in [0.4, 0.5) is 5.82 Å². The van der Waals surface area contributed by atoms with Crippen LogP contribution in [0.5, 0.6) is 0 Å². The summed E-state index contributed by atoms with van der Waals surface area (Å²) in [6, 6.07) is 8.91. The lowest BCUT2D eigenvalue weighted by atomic mass is 10.1. The highest BCUT2D eigenvalue weighted by Crippen LogP contribution is 2.20. The summed E-state index contributed by atoms with van der Waals surface area (Å²) in [5, 5.41) is 6.11. The lowest BCUT2D eigenvalue weighted by Gasteiger charge is -2.10. The van der Waals surface area contributed by atoms with Crippen molar-refractivity contribution in [3.63, 3.8) is 0 Å². The van der Waals surface area contributed by atoms with Crippen LogP contribution < -0.4 is 21.9 Å². The molecular weight excluding hydrogens is 270 g/mol. The van der Waals surface area contributed by atoms with E-state index in [0.717, 1.165) is 5.39 Å². The number of amides is 2. The summed E-state index contributed by atoms with van der Waals surface area (Å²) in [6.45, 7) is 2.16. The van der Waals surface area contributed by atoms with Crippen LogP contribution in [0.1, 0.15) is 17.3 Å². The molecule has 0 atom stereocenters. The fraction of sp³-hybridized carbons (Fsp3) is 0.214. The lowest BCUT2D eigenvalue weighted by Crippen LogP contribution is -2.33. The van der Waals surface area contributed by atoms with E-state index < -0.39 is 0 Å². The minimum absolute atomic E-state index is 0.131. The van der Waals surface area contributed by atoms with Crippen molar-refractivity contribution < 1.29 is 9.59 Å². The Labute approximate surface area is 121 Å². The summed E-state index contributed by atoms with van der Waals surface area (Å²) in [5.41, 5.74) is 3.61. The van der Waals surface area contributed by atoms with E-state index in [0.29, 0.717) is 30.0 Å². The Bertz CT molecular complexity index is 671. The first-order chi connectivity index (χ1) is 10.1. The molecule has 110 valence electrons. The average Bonchev–Trinajstić information content (AvgIpc) is 2.50. The largest absolute Gasteiger partial charge is 0.355 e. The monoisotopic (exact) mass is 287 g/mol. The minimum atomic E-state index is -0.240. The van der Waals surface area contributed by atoms with Gasteiger partial charge < -0.3 is 16.1 Å². The van der Waals surface area contributed by atoms with E-state index in [1.165, 1.54) is 6.92 Å². The molecule has 2 rings (SSSR count). The number of aromatic nitrogens is 1. The minimum Gasteiger partial charge on any atom is -0.355 e. The van der Waals surface area contributed by atoms with Gasteiger partial charge in [0.05, 0.1) is 11.1 Å². The number of para-hydroxylation sites is 1. The molecule has 0 unspecified atom stereocenters. The first kappa shape index (κ1) is 14.7. The van der Waals surface area contributed by atoms with E-state index in [1.807, 2.05) is 24.3 Å². The number of hydrazine groups is 1. The number of pyridine rings is 1.